The summed E-state index contributed by atoms with van der Waals surface area (Å²) in [6.45, 7) is 7.92. The fourth-order valence-corrected chi connectivity index (χ4v) is 3.02. The Bertz CT molecular complexity index is 363. The van der Waals surface area contributed by atoms with E-state index >= 15 is 0 Å². The molecule has 1 fully saturated rings. The van der Waals surface area contributed by atoms with Crippen LogP contribution in [0, 0.1) is 5.92 Å². The molecule has 0 spiro atoms. The van der Waals surface area contributed by atoms with Gasteiger partial charge in [0.1, 0.15) is 0 Å². The lowest BCUT2D eigenvalue weighted by Crippen LogP contribution is -2.44. The first-order valence-electron chi connectivity index (χ1n) is 8.58. The van der Waals surface area contributed by atoms with Crippen molar-refractivity contribution in [3.63, 3.8) is 0 Å². The molecular formula is C17H32IN3O. The summed E-state index contributed by atoms with van der Waals surface area (Å²) in [5.74, 6) is 1.88. The Kier molecular flexibility index (Phi) is 10.1. The van der Waals surface area contributed by atoms with Crippen LogP contribution in [0.5, 0.6) is 0 Å². The third-order valence-electron chi connectivity index (χ3n) is 4.46. The highest BCUT2D eigenvalue weighted by Crippen LogP contribution is 2.23. The van der Waals surface area contributed by atoms with Gasteiger partial charge in [-0.1, -0.05) is 18.6 Å². The molecule has 0 saturated heterocycles. The van der Waals surface area contributed by atoms with Gasteiger partial charge in [-0.25, -0.2) is 0 Å². The van der Waals surface area contributed by atoms with Crippen LogP contribution in [0.3, 0.4) is 0 Å². The molecule has 22 heavy (non-hydrogen) atoms. The van der Waals surface area contributed by atoms with Gasteiger partial charge < -0.3 is 15.4 Å². The van der Waals surface area contributed by atoms with Crippen molar-refractivity contribution in [1.29, 1.82) is 0 Å². The van der Waals surface area contributed by atoms with E-state index < -0.39 is 0 Å². The lowest BCUT2D eigenvalue weighted by atomic mass is 9.87. The largest absolute Gasteiger partial charge is 0.377 e. The average Bonchev–Trinajstić information content (AvgIpc) is 2.51. The maximum absolute atomic E-state index is 5.34. The molecule has 2 rings (SSSR count). The first-order chi connectivity index (χ1) is 10.3. The minimum Gasteiger partial charge on any atom is -0.377 e. The van der Waals surface area contributed by atoms with E-state index in [1.807, 2.05) is 0 Å². The van der Waals surface area contributed by atoms with Gasteiger partial charge in [-0.15, -0.1) is 24.0 Å². The minimum absolute atomic E-state index is 0. The van der Waals surface area contributed by atoms with Crippen LogP contribution < -0.4 is 10.6 Å². The average molecular weight is 421 g/mol. The van der Waals surface area contributed by atoms with Crippen LogP contribution in [0.1, 0.15) is 52.4 Å². The van der Waals surface area contributed by atoms with Crippen molar-refractivity contribution < 1.29 is 4.74 Å². The summed E-state index contributed by atoms with van der Waals surface area (Å²) in [7, 11) is 0. The lowest BCUT2D eigenvalue weighted by molar-refractivity contribution is 0.153. The van der Waals surface area contributed by atoms with Gasteiger partial charge in [0.25, 0.3) is 0 Å². The van der Waals surface area contributed by atoms with E-state index in [0.29, 0.717) is 6.04 Å². The highest BCUT2D eigenvalue weighted by molar-refractivity contribution is 14.0. The molecule has 0 aromatic heterocycles. The van der Waals surface area contributed by atoms with E-state index in [-0.39, 0.29) is 24.0 Å². The Morgan fingerprint density at radius 3 is 2.73 bits per heavy atom. The summed E-state index contributed by atoms with van der Waals surface area (Å²) in [5, 5.41) is 6.98. The van der Waals surface area contributed by atoms with Crippen molar-refractivity contribution in [2.24, 2.45) is 10.9 Å². The number of nitrogens with zero attached hydrogens (tertiary/aromatic N) is 1. The van der Waals surface area contributed by atoms with E-state index in [9.17, 15) is 0 Å². The first kappa shape index (κ1) is 19.7. The number of hydrogen-bond donors (Lipinski definition) is 2. The Labute approximate surface area is 152 Å². The van der Waals surface area contributed by atoms with Crippen molar-refractivity contribution in [1.82, 2.24) is 10.6 Å². The van der Waals surface area contributed by atoms with Gasteiger partial charge >= 0.3 is 0 Å². The number of rotatable bonds is 5. The highest BCUT2D eigenvalue weighted by atomic mass is 127. The van der Waals surface area contributed by atoms with Gasteiger partial charge in [0, 0.05) is 19.1 Å². The van der Waals surface area contributed by atoms with Crippen LogP contribution in [0.2, 0.25) is 0 Å². The smallest absolute Gasteiger partial charge is 0.191 e. The van der Waals surface area contributed by atoms with E-state index in [1.165, 1.54) is 31.3 Å². The molecule has 1 saturated carbocycles. The summed E-state index contributed by atoms with van der Waals surface area (Å²) >= 11 is 0. The summed E-state index contributed by atoms with van der Waals surface area (Å²) < 4.78 is 5.34. The highest BCUT2D eigenvalue weighted by Gasteiger charge is 2.18. The Morgan fingerprint density at radius 2 is 2.09 bits per heavy atom. The van der Waals surface area contributed by atoms with Gasteiger partial charge in [-0.3, -0.25) is 4.99 Å². The summed E-state index contributed by atoms with van der Waals surface area (Å²) in [5.41, 5.74) is 1.49. The third kappa shape index (κ3) is 7.31. The molecule has 0 amide bonds. The molecule has 1 heterocycles. The van der Waals surface area contributed by atoms with Gasteiger partial charge in [-0.05, 0) is 51.4 Å². The molecule has 0 radical (unpaired) electrons. The Hall–Kier alpha value is -0.300. The van der Waals surface area contributed by atoms with E-state index in [4.69, 9.17) is 9.73 Å². The second-order valence-corrected chi connectivity index (χ2v) is 6.30. The number of hydrogen-bond acceptors (Lipinski definition) is 2. The quantitative estimate of drug-likeness (QED) is 0.309. The van der Waals surface area contributed by atoms with Crippen LogP contribution in [0.4, 0.5) is 0 Å². The van der Waals surface area contributed by atoms with Gasteiger partial charge in [0.2, 0.25) is 0 Å². The summed E-state index contributed by atoms with van der Waals surface area (Å²) in [4.78, 5) is 4.73. The van der Waals surface area contributed by atoms with Crippen LogP contribution in [-0.4, -0.2) is 38.3 Å². The minimum atomic E-state index is 0. The molecule has 1 aliphatic heterocycles. The van der Waals surface area contributed by atoms with Crippen molar-refractivity contribution >= 4 is 29.9 Å². The molecule has 1 aliphatic carbocycles. The second kappa shape index (κ2) is 11.3. The number of guanidine groups is 1. The van der Waals surface area contributed by atoms with Gasteiger partial charge in [0.15, 0.2) is 5.96 Å². The van der Waals surface area contributed by atoms with Crippen molar-refractivity contribution in [2.75, 3.05) is 26.3 Å². The van der Waals surface area contributed by atoms with Gasteiger partial charge in [0.05, 0.1) is 13.2 Å². The number of ether oxygens (including phenoxy) is 1. The molecule has 5 heteroatoms. The maximum atomic E-state index is 5.34. The van der Waals surface area contributed by atoms with E-state index in [2.05, 4.69) is 30.6 Å². The normalized spacial score (nSPS) is 25.9. The molecule has 0 aromatic carbocycles. The standard InChI is InChI=1S/C17H31N3O.HI/c1-3-18-17(20-16-6-4-14(2)5-7-16)19-11-8-15-9-12-21-13-10-15;/h9,14,16H,3-8,10-13H2,1-2H3,(H2,18,19,20);1H. The van der Waals surface area contributed by atoms with Crippen LogP contribution in [-0.2, 0) is 4.74 Å². The first-order valence-corrected chi connectivity index (χ1v) is 8.58. The Morgan fingerprint density at radius 1 is 1.32 bits per heavy atom. The third-order valence-corrected chi connectivity index (χ3v) is 4.46. The Balaban J connectivity index is 0.00000242. The van der Waals surface area contributed by atoms with Crippen molar-refractivity contribution in [3.8, 4) is 0 Å². The van der Waals surface area contributed by atoms with Crippen molar-refractivity contribution in [2.45, 2.75) is 58.4 Å². The topological polar surface area (TPSA) is 45.7 Å². The SMILES string of the molecule is CCNC(=NCCC1=CCOCC1)NC1CCC(C)CC1.I. The van der Waals surface area contributed by atoms with E-state index in [1.54, 1.807) is 0 Å². The van der Waals surface area contributed by atoms with Gasteiger partial charge in [-0.2, -0.15) is 0 Å². The van der Waals surface area contributed by atoms with Crippen LogP contribution >= 0.6 is 24.0 Å². The van der Waals surface area contributed by atoms with Crippen LogP contribution in [0.25, 0.3) is 0 Å². The van der Waals surface area contributed by atoms with Crippen LogP contribution in [0.15, 0.2) is 16.6 Å². The summed E-state index contributed by atoms with van der Waals surface area (Å²) in [6, 6.07) is 0.598. The van der Waals surface area contributed by atoms with Crippen molar-refractivity contribution in [3.05, 3.63) is 11.6 Å². The fraction of sp³-hybridized carbons (Fsp3) is 0.824. The zero-order valence-electron chi connectivity index (χ0n) is 14.1. The predicted molar refractivity (Wildman–Crippen MR) is 104 cm³/mol. The fourth-order valence-electron chi connectivity index (χ4n) is 3.02. The molecule has 4 nitrogen and oxygen atoms in total. The molecule has 0 bridgehead atoms. The second-order valence-electron chi connectivity index (χ2n) is 6.30. The van der Waals surface area contributed by atoms with E-state index in [0.717, 1.165) is 51.0 Å². The predicted octanol–water partition coefficient (Wildman–Crippen LogP) is 3.48. The molecule has 2 aliphatic rings. The zero-order chi connectivity index (χ0) is 14.9. The number of halogens is 1. The molecule has 2 N–H and O–H groups in total. The number of nitrogens with one attached hydrogen (secondary N) is 2. The lowest BCUT2D eigenvalue weighted by Gasteiger charge is -2.28. The maximum Gasteiger partial charge on any atom is 0.191 e. The molecule has 0 aromatic rings. The monoisotopic (exact) mass is 421 g/mol. The summed E-state index contributed by atoms with van der Waals surface area (Å²) in [6.07, 6.45) is 9.56. The molecule has 0 unspecified atom stereocenters. The number of aliphatic imine (C=N–C) groups is 1. The molecular weight excluding hydrogens is 389 g/mol. The molecule has 128 valence electrons. The zero-order valence-corrected chi connectivity index (χ0v) is 16.4. The molecule has 0 atom stereocenters.